The van der Waals surface area contributed by atoms with Crippen molar-refractivity contribution in [1.29, 1.82) is 0 Å². The Morgan fingerprint density at radius 1 is 1.07 bits per heavy atom. The Morgan fingerprint density at radius 3 is 2.70 bits per heavy atom. The molecule has 1 aromatic heterocycles. The van der Waals surface area contributed by atoms with Gasteiger partial charge in [-0.2, -0.15) is 0 Å². The maximum Gasteiger partial charge on any atom is 0.230 e. The summed E-state index contributed by atoms with van der Waals surface area (Å²) in [6, 6.07) is 16.8. The molecule has 0 fully saturated rings. The van der Waals surface area contributed by atoms with Crippen molar-refractivity contribution in [1.82, 2.24) is 20.2 Å². The second-order valence-corrected chi connectivity index (χ2v) is 6.89. The number of aryl methyl sites for hydroxylation is 2. The first-order chi connectivity index (χ1) is 13.2. The monoisotopic (exact) mass is 360 g/mol. The lowest BCUT2D eigenvalue weighted by molar-refractivity contribution is 0.268. The molecule has 1 aliphatic rings. The van der Waals surface area contributed by atoms with Gasteiger partial charge in [-0.25, -0.2) is 15.0 Å². The van der Waals surface area contributed by atoms with E-state index < -0.39 is 0 Å². The molecule has 0 aliphatic carbocycles. The molecule has 0 amide bonds. The molecule has 0 atom stereocenters. The zero-order valence-electron chi connectivity index (χ0n) is 15.7. The molecule has 0 saturated carbocycles. The summed E-state index contributed by atoms with van der Waals surface area (Å²) in [5.41, 5.74) is 4.47. The zero-order chi connectivity index (χ0) is 18.6. The van der Waals surface area contributed by atoms with Crippen LogP contribution in [0.4, 0.5) is 5.95 Å². The number of hydrogen-bond acceptors (Lipinski definition) is 6. The Bertz CT molecular complexity index is 967. The van der Waals surface area contributed by atoms with Gasteiger partial charge in [0.2, 0.25) is 11.9 Å². The fourth-order valence-electron chi connectivity index (χ4n) is 3.19. The molecule has 6 nitrogen and oxygen atoms in total. The van der Waals surface area contributed by atoms with Crippen molar-refractivity contribution < 1.29 is 0 Å². The Balaban J connectivity index is 1.38. The van der Waals surface area contributed by atoms with Gasteiger partial charge in [-0.15, -0.1) is 0 Å². The van der Waals surface area contributed by atoms with E-state index in [9.17, 15) is 0 Å². The van der Waals surface area contributed by atoms with Crippen molar-refractivity contribution in [2.24, 2.45) is 4.99 Å². The van der Waals surface area contributed by atoms with E-state index in [1.165, 1.54) is 11.1 Å². The van der Waals surface area contributed by atoms with Gasteiger partial charge >= 0.3 is 0 Å². The molecule has 3 aromatic rings. The Morgan fingerprint density at radius 2 is 1.93 bits per heavy atom. The molecule has 27 heavy (non-hydrogen) atoms. The maximum atomic E-state index is 4.61. The number of benzene rings is 2. The molecule has 2 heterocycles. The fourth-order valence-corrected chi connectivity index (χ4v) is 3.19. The Hall–Kier alpha value is -2.99. The third-order valence-electron chi connectivity index (χ3n) is 4.73. The van der Waals surface area contributed by atoms with E-state index in [1.807, 2.05) is 19.1 Å². The van der Waals surface area contributed by atoms with Crippen molar-refractivity contribution >= 4 is 22.8 Å². The molecular weight excluding hydrogens is 336 g/mol. The summed E-state index contributed by atoms with van der Waals surface area (Å²) >= 11 is 0. The first-order valence-corrected chi connectivity index (χ1v) is 9.24. The predicted molar refractivity (Wildman–Crippen MR) is 110 cm³/mol. The van der Waals surface area contributed by atoms with E-state index in [4.69, 9.17) is 0 Å². The number of rotatable bonds is 4. The molecule has 0 bridgehead atoms. The summed E-state index contributed by atoms with van der Waals surface area (Å²) < 4.78 is 0. The molecule has 0 spiro atoms. The van der Waals surface area contributed by atoms with E-state index in [2.05, 4.69) is 73.8 Å². The fraction of sp³-hybridized carbons (Fsp3) is 0.286. The molecule has 0 saturated heterocycles. The van der Waals surface area contributed by atoms with Gasteiger partial charge in [-0.05, 0) is 38.0 Å². The number of aliphatic imine (C=N–C) groups is 1. The summed E-state index contributed by atoms with van der Waals surface area (Å²) in [6.07, 6.45) is 1.02. The molecule has 6 heteroatoms. The maximum absolute atomic E-state index is 4.61. The summed E-state index contributed by atoms with van der Waals surface area (Å²) in [4.78, 5) is 16.0. The molecule has 2 N–H and O–H groups in total. The first kappa shape index (κ1) is 17.4. The highest BCUT2D eigenvalue weighted by Crippen LogP contribution is 2.18. The van der Waals surface area contributed by atoms with E-state index in [-0.39, 0.29) is 0 Å². The van der Waals surface area contributed by atoms with Crippen LogP contribution in [0.25, 0.3) is 10.9 Å². The minimum absolute atomic E-state index is 0.577. The van der Waals surface area contributed by atoms with Gasteiger partial charge in [0.25, 0.3) is 0 Å². The number of guanidine groups is 1. The summed E-state index contributed by atoms with van der Waals surface area (Å²) in [5, 5.41) is 7.62. The third kappa shape index (κ3) is 4.23. The van der Waals surface area contributed by atoms with Gasteiger partial charge in [-0.1, -0.05) is 42.0 Å². The van der Waals surface area contributed by atoms with E-state index in [1.54, 1.807) is 0 Å². The van der Waals surface area contributed by atoms with Crippen LogP contribution < -0.4 is 10.6 Å². The standard InChI is InChI=1S/C21H24N6/c1-15-8-9-19-18(12-15)16(2)24-21(25-19)26-20-22-13-27(14-23-20)11-10-17-6-4-3-5-7-17/h3-9,12H,10-11,13-14H2,1-2H3,(H2,22,23,24,25,26). The Labute approximate surface area is 159 Å². The minimum atomic E-state index is 0.577. The van der Waals surface area contributed by atoms with Gasteiger partial charge in [0.05, 0.1) is 24.5 Å². The highest BCUT2D eigenvalue weighted by molar-refractivity contribution is 5.93. The summed E-state index contributed by atoms with van der Waals surface area (Å²) in [7, 11) is 0. The number of anilines is 1. The molecule has 138 valence electrons. The summed E-state index contributed by atoms with van der Waals surface area (Å²) in [6.45, 7) is 6.47. The second-order valence-electron chi connectivity index (χ2n) is 6.89. The molecule has 1 aliphatic heterocycles. The topological polar surface area (TPSA) is 65.4 Å². The van der Waals surface area contributed by atoms with Crippen LogP contribution in [0.3, 0.4) is 0 Å². The van der Waals surface area contributed by atoms with Crippen LogP contribution in [0.5, 0.6) is 0 Å². The lowest BCUT2D eigenvalue weighted by Crippen LogP contribution is -2.46. The normalized spacial score (nSPS) is 14.7. The average molecular weight is 360 g/mol. The molecular formula is C21H24N6. The summed E-state index contributed by atoms with van der Waals surface area (Å²) in [5.74, 6) is 1.30. The quantitative estimate of drug-likeness (QED) is 0.749. The number of hydrogen-bond donors (Lipinski definition) is 2. The van der Waals surface area contributed by atoms with Crippen LogP contribution in [0.2, 0.25) is 0 Å². The van der Waals surface area contributed by atoms with Crippen molar-refractivity contribution in [2.75, 3.05) is 25.2 Å². The second kappa shape index (κ2) is 7.72. The van der Waals surface area contributed by atoms with Crippen LogP contribution in [-0.2, 0) is 6.42 Å². The van der Waals surface area contributed by atoms with Crippen LogP contribution >= 0.6 is 0 Å². The van der Waals surface area contributed by atoms with Crippen LogP contribution in [0, 0.1) is 13.8 Å². The van der Waals surface area contributed by atoms with Crippen molar-refractivity contribution in [3.63, 3.8) is 0 Å². The van der Waals surface area contributed by atoms with Crippen molar-refractivity contribution in [3.8, 4) is 0 Å². The van der Waals surface area contributed by atoms with Gasteiger partial charge in [0.15, 0.2) is 0 Å². The highest BCUT2D eigenvalue weighted by Gasteiger charge is 2.13. The van der Waals surface area contributed by atoms with Gasteiger partial charge < -0.3 is 5.32 Å². The van der Waals surface area contributed by atoms with Gasteiger partial charge in [0.1, 0.15) is 0 Å². The molecule has 0 unspecified atom stereocenters. The van der Waals surface area contributed by atoms with Crippen LogP contribution in [-0.4, -0.2) is 40.7 Å². The largest absolute Gasteiger partial charge is 0.343 e. The average Bonchev–Trinajstić information content (AvgIpc) is 2.69. The van der Waals surface area contributed by atoms with Crippen molar-refractivity contribution in [2.45, 2.75) is 20.3 Å². The zero-order valence-corrected chi connectivity index (χ0v) is 15.7. The predicted octanol–water partition coefficient (Wildman–Crippen LogP) is 3.08. The number of nitrogens with zero attached hydrogens (tertiary/aromatic N) is 4. The molecule has 4 rings (SSSR count). The van der Waals surface area contributed by atoms with E-state index in [0.29, 0.717) is 12.6 Å². The highest BCUT2D eigenvalue weighted by atomic mass is 15.4. The molecule has 0 radical (unpaired) electrons. The lowest BCUT2D eigenvalue weighted by Gasteiger charge is -2.26. The van der Waals surface area contributed by atoms with Gasteiger partial charge in [-0.3, -0.25) is 10.2 Å². The first-order valence-electron chi connectivity index (χ1n) is 9.24. The van der Waals surface area contributed by atoms with Crippen LogP contribution in [0.15, 0.2) is 53.5 Å². The third-order valence-corrected chi connectivity index (χ3v) is 4.73. The van der Waals surface area contributed by atoms with Crippen molar-refractivity contribution in [3.05, 3.63) is 65.4 Å². The smallest absolute Gasteiger partial charge is 0.230 e. The molecule has 2 aromatic carbocycles. The SMILES string of the molecule is Cc1ccc2nc(NC3=NCN(CCc4ccccc4)CN3)nc(C)c2c1. The minimum Gasteiger partial charge on any atom is -0.343 e. The number of fused-ring (bicyclic) bond motifs is 1. The Kier molecular flexibility index (Phi) is 4.98. The number of nitrogens with one attached hydrogen (secondary N) is 2. The van der Waals surface area contributed by atoms with E-state index >= 15 is 0 Å². The van der Waals surface area contributed by atoms with E-state index in [0.717, 1.165) is 42.2 Å². The number of aromatic nitrogens is 2. The van der Waals surface area contributed by atoms with Gasteiger partial charge in [0, 0.05) is 11.9 Å². The van der Waals surface area contributed by atoms with Crippen LogP contribution in [0.1, 0.15) is 16.8 Å². The lowest BCUT2D eigenvalue weighted by atomic mass is 10.1.